The Bertz CT molecular complexity index is 468. The van der Waals surface area contributed by atoms with Crippen molar-refractivity contribution in [3.05, 3.63) is 28.8 Å². The maximum atomic E-state index is 11.5. The van der Waals surface area contributed by atoms with Gasteiger partial charge in [0.2, 0.25) is 5.91 Å². The van der Waals surface area contributed by atoms with Crippen LogP contribution in [0.3, 0.4) is 0 Å². The minimum atomic E-state index is -0.997. The molecule has 0 aliphatic heterocycles. The van der Waals surface area contributed by atoms with Gasteiger partial charge in [0.05, 0.1) is 18.6 Å². The lowest BCUT2D eigenvalue weighted by atomic mass is 10.0. The fraction of sp³-hybridized carbons (Fsp3) is 0.385. The van der Waals surface area contributed by atoms with E-state index in [1.54, 1.807) is 13.0 Å². The summed E-state index contributed by atoms with van der Waals surface area (Å²) in [5.74, 6) is -1.19. The predicted octanol–water partition coefficient (Wildman–Crippen LogP) is 1.98. The number of carboxylic acid groups (broad SMARTS) is 1. The van der Waals surface area contributed by atoms with Gasteiger partial charge >= 0.3 is 5.97 Å². The Balaban J connectivity index is 2.90. The second-order valence-corrected chi connectivity index (χ2v) is 4.06. The van der Waals surface area contributed by atoms with E-state index < -0.39 is 5.97 Å². The zero-order chi connectivity index (χ0) is 13.7. The molecule has 2 N–H and O–H groups in total. The van der Waals surface area contributed by atoms with Crippen molar-refractivity contribution >= 4 is 17.6 Å². The average Bonchev–Trinajstić information content (AvgIpc) is 2.30. The maximum absolute atomic E-state index is 11.5. The van der Waals surface area contributed by atoms with Crippen LogP contribution >= 0.6 is 0 Å². The molecule has 0 radical (unpaired) electrons. The molecule has 0 bridgehead atoms. The summed E-state index contributed by atoms with van der Waals surface area (Å²) >= 11 is 0. The van der Waals surface area contributed by atoms with Crippen LogP contribution in [0.4, 0.5) is 5.69 Å². The molecule has 0 fully saturated rings. The molecule has 0 aromatic heterocycles. The number of hydrogen-bond acceptors (Lipinski definition) is 3. The van der Waals surface area contributed by atoms with Crippen molar-refractivity contribution < 1.29 is 19.4 Å². The van der Waals surface area contributed by atoms with Crippen molar-refractivity contribution in [1.82, 2.24) is 0 Å². The molecule has 1 aromatic rings. The van der Waals surface area contributed by atoms with Gasteiger partial charge in [-0.3, -0.25) is 4.79 Å². The van der Waals surface area contributed by atoms with E-state index in [0.29, 0.717) is 17.9 Å². The van der Waals surface area contributed by atoms with Crippen LogP contribution in [-0.4, -0.2) is 30.7 Å². The summed E-state index contributed by atoms with van der Waals surface area (Å²) in [6.07, 6.45) is 0.242. The van der Waals surface area contributed by atoms with Crippen molar-refractivity contribution in [2.45, 2.75) is 20.3 Å². The molecule has 1 aromatic carbocycles. The summed E-state index contributed by atoms with van der Waals surface area (Å²) < 4.78 is 4.80. The Morgan fingerprint density at radius 1 is 1.33 bits per heavy atom. The van der Waals surface area contributed by atoms with E-state index >= 15 is 0 Å². The van der Waals surface area contributed by atoms with E-state index in [-0.39, 0.29) is 17.9 Å². The highest BCUT2D eigenvalue weighted by molar-refractivity contribution is 5.95. The molecule has 5 nitrogen and oxygen atoms in total. The molecular formula is C13H17NO4. The molecule has 0 saturated heterocycles. The Hall–Kier alpha value is -1.88. The number of anilines is 1. The first-order valence-corrected chi connectivity index (χ1v) is 5.59. The second-order valence-electron chi connectivity index (χ2n) is 4.06. The molecule has 0 saturated carbocycles. The number of ether oxygens (including phenoxy) is 1. The highest BCUT2D eigenvalue weighted by Crippen LogP contribution is 2.20. The number of hydrogen-bond donors (Lipinski definition) is 2. The van der Waals surface area contributed by atoms with Gasteiger partial charge < -0.3 is 15.2 Å². The first-order chi connectivity index (χ1) is 8.45. The number of nitrogens with one attached hydrogen (secondary N) is 1. The van der Waals surface area contributed by atoms with Gasteiger partial charge in [-0.25, -0.2) is 4.79 Å². The molecule has 1 rings (SSSR count). The number of aryl methyl sites for hydroxylation is 1. The number of carbonyl (C=O) groups is 2. The fourth-order valence-electron chi connectivity index (χ4n) is 1.57. The Morgan fingerprint density at radius 2 is 2.00 bits per heavy atom. The third kappa shape index (κ3) is 3.56. The highest BCUT2D eigenvalue weighted by atomic mass is 16.5. The van der Waals surface area contributed by atoms with Crippen molar-refractivity contribution in [3.63, 3.8) is 0 Å². The third-order valence-electron chi connectivity index (χ3n) is 2.71. The number of amides is 1. The molecule has 0 spiro atoms. The van der Waals surface area contributed by atoms with Gasteiger partial charge in [-0.1, -0.05) is 0 Å². The van der Waals surface area contributed by atoms with E-state index in [9.17, 15) is 9.59 Å². The zero-order valence-electron chi connectivity index (χ0n) is 10.7. The summed E-state index contributed by atoms with van der Waals surface area (Å²) in [5, 5.41) is 11.7. The molecular weight excluding hydrogens is 234 g/mol. The first kappa shape index (κ1) is 14.2. The van der Waals surface area contributed by atoms with Crippen molar-refractivity contribution in [3.8, 4) is 0 Å². The highest BCUT2D eigenvalue weighted by Gasteiger charge is 2.12. The molecule has 0 aliphatic carbocycles. The Morgan fingerprint density at radius 3 is 2.56 bits per heavy atom. The number of methoxy groups -OCH3 is 1. The van der Waals surface area contributed by atoms with E-state index in [4.69, 9.17) is 9.84 Å². The normalized spacial score (nSPS) is 10.2. The zero-order valence-corrected chi connectivity index (χ0v) is 10.7. The van der Waals surface area contributed by atoms with Crippen LogP contribution in [0, 0.1) is 13.8 Å². The average molecular weight is 251 g/mol. The molecule has 5 heteroatoms. The van der Waals surface area contributed by atoms with E-state index in [1.807, 2.05) is 6.92 Å². The monoisotopic (exact) mass is 251 g/mol. The fourth-order valence-corrected chi connectivity index (χ4v) is 1.57. The van der Waals surface area contributed by atoms with E-state index in [0.717, 1.165) is 5.56 Å². The molecule has 98 valence electrons. The van der Waals surface area contributed by atoms with Gasteiger partial charge in [0.1, 0.15) is 0 Å². The summed E-state index contributed by atoms with van der Waals surface area (Å²) in [5.41, 5.74) is 2.24. The van der Waals surface area contributed by atoms with Crippen molar-refractivity contribution in [1.29, 1.82) is 0 Å². The van der Waals surface area contributed by atoms with Crippen LogP contribution in [-0.2, 0) is 9.53 Å². The van der Waals surface area contributed by atoms with E-state index in [1.165, 1.54) is 13.2 Å². The smallest absolute Gasteiger partial charge is 0.336 e. The molecule has 0 aliphatic rings. The minimum absolute atomic E-state index is 0.198. The van der Waals surface area contributed by atoms with Gasteiger partial charge in [0.15, 0.2) is 0 Å². The van der Waals surface area contributed by atoms with Crippen LogP contribution in [0.15, 0.2) is 12.1 Å². The van der Waals surface area contributed by atoms with Crippen molar-refractivity contribution in [2.75, 3.05) is 19.0 Å². The third-order valence-corrected chi connectivity index (χ3v) is 2.71. The van der Waals surface area contributed by atoms with Gasteiger partial charge in [-0.05, 0) is 37.1 Å². The van der Waals surface area contributed by atoms with Crippen molar-refractivity contribution in [2.24, 2.45) is 0 Å². The van der Waals surface area contributed by atoms with Gasteiger partial charge in [-0.15, -0.1) is 0 Å². The molecule has 0 atom stereocenters. The van der Waals surface area contributed by atoms with Gasteiger partial charge in [-0.2, -0.15) is 0 Å². The molecule has 0 heterocycles. The lowest BCUT2D eigenvalue weighted by Gasteiger charge is -2.10. The predicted molar refractivity (Wildman–Crippen MR) is 68.0 cm³/mol. The number of carboxylic acids is 1. The SMILES string of the molecule is COCCC(=O)Nc1cc(C)c(C)c(C(=O)O)c1. The van der Waals surface area contributed by atoms with Crippen LogP contribution in [0.2, 0.25) is 0 Å². The van der Waals surface area contributed by atoms with Crippen LogP contribution in [0.25, 0.3) is 0 Å². The quantitative estimate of drug-likeness (QED) is 0.839. The van der Waals surface area contributed by atoms with Gasteiger partial charge in [0.25, 0.3) is 0 Å². The molecule has 1 amide bonds. The molecule has 0 unspecified atom stereocenters. The van der Waals surface area contributed by atoms with Crippen LogP contribution in [0.5, 0.6) is 0 Å². The number of rotatable bonds is 5. The maximum Gasteiger partial charge on any atom is 0.336 e. The summed E-state index contributed by atoms with van der Waals surface area (Å²) in [6.45, 7) is 3.89. The van der Waals surface area contributed by atoms with Crippen LogP contribution < -0.4 is 5.32 Å². The largest absolute Gasteiger partial charge is 0.478 e. The first-order valence-electron chi connectivity index (χ1n) is 5.59. The molecule has 18 heavy (non-hydrogen) atoms. The second kappa shape index (κ2) is 6.16. The standard InChI is InChI=1S/C13H17NO4/c1-8-6-10(14-12(15)4-5-18-3)7-11(9(8)2)13(16)17/h6-7H,4-5H2,1-3H3,(H,14,15)(H,16,17). The summed E-state index contributed by atoms with van der Waals surface area (Å²) in [7, 11) is 1.52. The number of aromatic carboxylic acids is 1. The van der Waals surface area contributed by atoms with E-state index in [2.05, 4.69) is 5.32 Å². The summed E-state index contributed by atoms with van der Waals surface area (Å²) in [6, 6.07) is 3.22. The Labute approximate surface area is 106 Å². The topological polar surface area (TPSA) is 75.6 Å². The minimum Gasteiger partial charge on any atom is -0.478 e. The van der Waals surface area contributed by atoms with Crippen LogP contribution in [0.1, 0.15) is 27.9 Å². The lowest BCUT2D eigenvalue weighted by molar-refractivity contribution is -0.117. The summed E-state index contributed by atoms with van der Waals surface area (Å²) in [4.78, 5) is 22.6. The lowest BCUT2D eigenvalue weighted by Crippen LogP contribution is -2.14. The Kier molecular flexibility index (Phi) is 4.85. The number of carbonyl (C=O) groups excluding carboxylic acids is 1. The number of benzene rings is 1. The van der Waals surface area contributed by atoms with Gasteiger partial charge in [0, 0.05) is 12.8 Å².